The molecule has 0 N–H and O–H groups in total. The summed E-state index contributed by atoms with van der Waals surface area (Å²) in [7, 11) is 0. The Kier molecular flexibility index (Phi) is 4.83. The molecule has 1 aromatic rings. The van der Waals surface area contributed by atoms with Crippen molar-refractivity contribution in [2.45, 2.75) is 35.8 Å². The van der Waals surface area contributed by atoms with Crippen LogP contribution in [0.15, 0.2) is 30.3 Å². The smallest absolute Gasteiger partial charge is 0.224 e. The molecule has 0 aliphatic rings. The zero-order valence-electron chi connectivity index (χ0n) is 11.3. The van der Waals surface area contributed by atoms with Crippen LogP contribution in [0.2, 0.25) is 0 Å². The Morgan fingerprint density at radius 2 is 0.880 bits per heavy atom. The van der Waals surface area contributed by atoms with Gasteiger partial charge in [0.05, 0.1) is 0 Å². The molecule has 0 saturated heterocycles. The van der Waals surface area contributed by atoms with E-state index in [1.165, 1.54) is 0 Å². The van der Waals surface area contributed by atoms with E-state index in [0.29, 0.717) is 12.1 Å². The second-order valence-electron chi connectivity index (χ2n) is 4.75. The van der Waals surface area contributed by atoms with E-state index in [2.05, 4.69) is 0 Å². The second-order valence-corrected chi connectivity index (χ2v) is 4.75. The molecule has 0 fully saturated rings. The van der Waals surface area contributed by atoms with Crippen LogP contribution in [0.3, 0.4) is 0 Å². The molecule has 0 aromatic heterocycles. The van der Waals surface area contributed by atoms with E-state index in [0.717, 1.165) is 6.07 Å². The number of alkyl halides is 13. The average molecular weight is 396 g/mol. The molecule has 0 aliphatic carbocycles. The van der Waals surface area contributed by atoms with Gasteiger partial charge < -0.3 is 0 Å². The molecule has 25 heavy (non-hydrogen) atoms. The molecule has 1 rings (SSSR count). The lowest BCUT2D eigenvalue weighted by molar-refractivity contribution is -0.439. The highest BCUT2D eigenvalue weighted by Crippen LogP contribution is 2.65. The van der Waals surface area contributed by atoms with Crippen LogP contribution in [0.5, 0.6) is 0 Å². The highest BCUT2D eigenvalue weighted by molar-refractivity contribution is 5.33. The Morgan fingerprint density at radius 3 is 1.16 bits per heavy atom. The zero-order valence-corrected chi connectivity index (χ0v) is 11.3. The normalized spacial score (nSPS) is 19.2. The minimum absolute atomic E-state index is 0.194. The van der Waals surface area contributed by atoms with Gasteiger partial charge in [0.25, 0.3) is 5.67 Å². The van der Waals surface area contributed by atoms with Crippen molar-refractivity contribution in [3.63, 3.8) is 0 Å². The van der Waals surface area contributed by atoms with Crippen LogP contribution in [0, 0.1) is 0 Å². The fraction of sp³-hybridized carbons (Fsp3) is 0.500. The third kappa shape index (κ3) is 2.80. The highest BCUT2D eigenvalue weighted by atomic mass is 19.4. The molecule has 0 aliphatic heterocycles. The van der Waals surface area contributed by atoms with Gasteiger partial charge in [0, 0.05) is 5.56 Å². The number of hydrogen-bond acceptors (Lipinski definition) is 0. The molecule has 2 atom stereocenters. The zero-order chi connectivity index (χ0) is 20.1. The third-order valence-electron chi connectivity index (χ3n) is 3.22. The highest BCUT2D eigenvalue weighted by Gasteiger charge is 2.93. The van der Waals surface area contributed by atoms with Crippen LogP contribution < -0.4 is 0 Å². The van der Waals surface area contributed by atoms with Crippen molar-refractivity contribution in [3.05, 3.63) is 35.9 Å². The molecular formula is C12H5F13. The van der Waals surface area contributed by atoms with E-state index in [-0.39, 0.29) is 12.1 Å². The predicted molar refractivity (Wildman–Crippen MR) is 56.2 cm³/mol. The minimum Gasteiger partial charge on any atom is -0.224 e. The summed E-state index contributed by atoms with van der Waals surface area (Å²) in [5, 5.41) is 0. The molecule has 0 saturated carbocycles. The van der Waals surface area contributed by atoms with Crippen molar-refractivity contribution in [2.75, 3.05) is 0 Å². The Morgan fingerprint density at radius 1 is 0.480 bits per heavy atom. The molecule has 0 spiro atoms. The topological polar surface area (TPSA) is 0 Å². The second kappa shape index (κ2) is 5.66. The van der Waals surface area contributed by atoms with Crippen molar-refractivity contribution >= 4 is 0 Å². The first kappa shape index (κ1) is 21.4. The summed E-state index contributed by atoms with van der Waals surface area (Å²) in [4.78, 5) is 0. The summed E-state index contributed by atoms with van der Waals surface area (Å²) in [5.74, 6) is -7.77. The van der Waals surface area contributed by atoms with E-state index in [4.69, 9.17) is 0 Å². The maximum atomic E-state index is 14.4. The Hall–Kier alpha value is -1.69. The monoisotopic (exact) mass is 396 g/mol. The number of benzene rings is 1. The van der Waals surface area contributed by atoms with Crippen LogP contribution in [0.25, 0.3) is 0 Å². The average Bonchev–Trinajstić information content (AvgIpc) is 2.42. The Bertz CT molecular complexity index is 596. The van der Waals surface area contributed by atoms with E-state index in [9.17, 15) is 57.1 Å². The first-order chi connectivity index (χ1) is 10.9. The van der Waals surface area contributed by atoms with Gasteiger partial charge in [-0.15, -0.1) is 0 Å². The first-order valence-corrected chi connectivity index (χ1v) is 5.87. The van der Waals surface area contributed by atoms with Crippen molar-refractivity contribution in [1.82, 2.24) is 0 Å². The Balaban J connectivity index is 4.02. The molecule has 2 unspecified atom stereocenters. The Labute approximate surface area is 130 Å². The van der Waals surface area contributed by atoms with Gasteiger partial charge in [-0.2, -0.15) is 48.3 Å². The summed E-state index contributed by atoms with van der Waals surface area (Å²) in [6.45, 7) is 0. The van der Waals surface area contributed by atoms with Crippen molar-refractivity contribution in [3.8, 4) is 0 Å². The van der Waals surface area contributed by atoms with Gasteiger partial charge in [0.2, 0.25) is 0 Å². The summed E-state index contributed by atoms with van der Waals surface area (Å²) < 4.78 is 169. The molecular weight excluding hydrogens is 391 g/mol. The molecule has 0 heterocycles. The third-order valence-corrected chi connectivity index (χ3v) is 3.22. The molecule has 144 valence electrons. The van der Waals surface area contributed by atoms with E-state index < -0.39 is 41.4 Å². The van der Waals surface area contributed by atoms with Crippen LogP contribution in [-0.2, 0) is 5.67 Å². The van der Waals surface area contributed by atoms with E-state index in [1.54, 1.807) is 0 Å². The molecule has 0 radical (unpaired) electrons. The molecule has 0 bridgehead atoms. The molecule has 0 amide bonds. The van der Waals surface area contributed by atoms with Crippen LogP contribution in [0.4, 0.5) is 57.1 Å². The predicted octanol–water partition coefficient (Wildman–Crippen LogP) is 5.88. The van der Waals surface area contributed by atoms with Gasteiger partial charge in [-0.1, -0.05) is 30.3 Å². The lowest BCUT2D eigenvalue weighted by Gasteiger charge is -2.45. The van der Waals surface area contributed by atoms with Gasteiger partial charge in [0.1, 0.15) is 0 Å². The number of hydrogen-bond donors (Lipinski definition) is 0. The van der Waals surface area contributed by atoms with Crippen LogP contribution in [0.1, 0.15) is 5.56 Å². The minimum atomic E-state index is -7.77. The van der Waals surface area contributed by atoms with Gasteiger partial charge in [0.15, 0.2) is 0 Å². The van der Waals surface area contributed by atoms with Gasteiger partial charge in [-0.3, -0.25) is 0 Å². The summed E-state index contributed by atoms with van der Waals surface area (Å²) in [5.41, 5.74) is -16.9. The van der Waals surface area contributed by atoms with Crippen LogP contribution in [-0.4, -0.2) is 30.1 Å². The number of halogens is 13. The van der Waals surface area contributed by atoms with Gasteiger partial charge >= 0.3 is 30.1 Å². The SMILES string of the molecule is FC(F)(F)C(F)(F)C(F)(C(F)(F)F)C(F)(c1ccccc1)C(F)(F)F. The molecule has 1 aromatic carbocycles. The van der Waals surface area contributed by atoms with Crippen LogP contribution >= 0.6 is 0 Å². The lowest BCUT2D eigenvalue weighted by Crippen LogP contribution is -2.73. The standard InChI is InChI=1S/C12H5F13/c13-7(10(17,18)19,6-4-2-1-3-5-6)8(14,11(20,21)22)9(15,16)12(23,24)25/h1-5H. The summed E-state index contributed by atoms with van der Waals surface area (Å²) in [6.07, 6.45) is -22.2. The first-order valence-electron chi connectivity index (χ1n) is 5.87. The van der Waals surface area contributed by atoms with Crippen molar-refractivity contribution < 1.29 is 57.1 Å². The molecule has 0 nitrogen and oxygen atoms in total. The fourth-order valence-electron chi connectivity index (χ4n) is 2.01. The van der Waals surface area contributed by atoms with E-state index >= 15 is 0 Å². The fourth-order valence-corrected chi connectivity index (χ4v) is 2.01. The van der Waals surface area contributed by atoms with Crippen molar-refractivity contribution in [1.29, 1.82) is 0 Å². The van der Waals surface area contributed by atoms with Crippen molar-refractivity contribution in [2.24, 2.45) is 0 Å². The molecule has 13 heteroatoms. The number of rotatable bonds is 3. The summed E-state index contributed by atoms with van der Waals surface area (Å²) in [6, 6.07) is 1.20. The lowest BCUT2D eigenvalue weighted by atomic mass is 9.74. The largest absolute Gasteiger partial charge is 0.457 e. The van der Waals surface area contributed by atoms with Gasteiger partial charge in [-0.25, -0.2) is 8.78 Å². The summed E-state index contributed by atoms with van der Waals surface area (Å²) >= 11 is 0. The maximum absolute atomic E-state index is 14.4. The maximum Gasteiger partial charge on any atom is 0.457 e. The quantitative estimate of drug-likeness (QED) is 0.560. The van der Waals surface area contributed by atoms with Gasteiger partial charge in [-0.05, 0) is 0 Å². The van der Waals surface area contributed by atoms with E-state index in [1.807, 2.05) is 0 Å².